The van der Waals surface area contributed by atoms with Gasteiger partial charge in [-0.1, -0.05) is 29.8 Å². The standard InChI is InChI=1S/C17H16BrNO/c1-12-8-9-16-13(11-12)5-4-10-19(16)17(20)14-6-2-3-7-15(14)18/h2-3,6-9,11H,4-5,10H2,1H3. The molecule has 0 unspecified atom stereocenters. The van der Waals surface area contributed by atoms with Gasteiger partial charge in [0, 0.05) is 16.7 Å². The van der Waals surface area contributed by atoms with Crippen LogP contribution in [0.1, 0.15) is 27.9 Å². The summed E-state index contributed by atoms with van der Waals surface area (Å²) in [6, 6.07) is 13.9. The van der Waals surface area contributed by atoms with Crippen molar-refractivity contribution in [2.75, 3.05) is 11.4 Å². The van der Waals surface area contributed by atoms with Crippen LogP contribution in [0.4, 0.5) is 5.69 Å². The molecule has 0 N–H and O–H groups in total. The third-order valence-electron chi connectivity index (χ3n) is 3.70. The zero-order valence-electron chi connectivity index (χ0n) is 11.4. The van der Waals surface area contributed by atoms with E-state index in [1.165, 1.54) is 11.1 Å². The largest absolute Gasteiger partial charge is 0.308 e. The molecule has 1 amide bonds. The average molecular weight is 330 g/mol. The number of hydrogen-bond acceptors (Lipinski definition) is 1. The third kappa shape index (κ3) is 2.38. The Hall–Kier alpha value is -1.61. The molecule has 2 nitrogen and oxygen atoms in total. The normalized spacial score (nSPS) is 14.0. The van der Waals surface area contributed by atoms with Crippen molar-refractivity contribution in [3.05, 3.63) is 63.6 Å². The molecule has 0 radical (unpaired) electrons. The van der Waals surface area contributed by atoms with Gasteiger partial charge in [0.2, 0.25) is 0 Å². The summed E-state index contributed by atoms with van der Waals surface area (Å²) in [5, 5.41) is 0. The van der Waals surface area contributed by atoms with Crippen molar-refractivity contribution < 1.29 is 4.79 Å². The molecule has 1 aliphatic heterocycles. The van der Waals surface area contributed by atoms with E-state index in [1.54, 1.807) is 0 Å². The Bertz CT molecular complexity index is 666. The number of hydrogen-bond donors (Lipinski definition) is 0. The molecular weight excluding hydrogens is 314 g/mol. The van der Waals surface area contributed by atoms with Crippen LogP contribution in [0.15, 0.2) is 46.9 Å². The molecule has 0 bridgehead atoms. The summed E-state index contributed by atoms with van der Waals surface area (Å²) < 4.78 is 0.851. The van der Waals surface area contributed by atoms with Crippen LogP contribution in [-0.2, 0) is 6.42 Å². The van der Waals surface area contributed by atoms with E-state index in [9.17, 15) is 4.79 Å². The summed E-state index contributed by atoms with van der Waals surface area (Å²) in [5.74, 6) is 0.0716. The van der Waals surface area contributed by atoms with Crippen molar-refractivity contribution in [3.63, 3.8) is 0 Å². The number of fused-ring (bicyclic) bond motifs is 1. The summed E-state index contributed by atoms with van der Waals surface area (Å²) in [6.45, 7) is 2.88. The van der Waals surface area contributed by atoms with Gasteiger partial charge in [0.1, 0.15) is 0 Å². The van der Waals surface area contributed by atoms with Crippen LogP contribution in [-0.4, -0.2) is 12.5 Å². The first kappa shape index (κ1) is 13.4. The van der Waals surface area contributed by atoms with Crippen LogP contribution < -0.4 is 4.90 Å². The molecule has 2 aromatic carbocycles. The van der Waals surface area contributed by atoms with Crippen LogP contribution in [0.2, 0.25) is 0 Å². The molecule has 0 saturated carbocycles. The Morgan fingerprint density at radius 2 is 2.00 bits per heavy atom. The van der Waals surface area contributed by atoms with Gasteiger partial charge in [0.15, 0.2) is 0 Å². The van der Waals surface area contributed by atoms with Crippen LogP contribution >= 0.6 is 15.9 Å². The van der Waals surface area contributed by atoms with Gasteiger partial charge >= 0.3 is 0 Å². The van der Waals surface area contributed by atoms with Crippen molar-refractivity contribution in [2.45, 2.75) is 19.8 Å². The molecule has 0 aromatic heterocycles. The van der Waals surface area contributed by atoms with Crippen molar-refractivity contribution in [3.8, 4) is 0 Å². The average Bonchev–Trinajstić information content (AvgIpc) is 2.46. The maximum Gasteiger partial charge on any atom is 0.259 e. The number of nitrogens with zero attached hydrogens (tertiary/aromatic N) is 1. The lowest BCUT2D eigenvalue weighted by Gasteiger charge is -2.30. The second-order valence-electron chi connectivity index (χ2n) is 5.17. The van der Waals surface area contributed by atoms with Gasteiger partial charge in [0.25, 0.3) is 5.91 Å². The number of benzene rings is 2. The van der Waals surface area contributed by atoms with E-state index in [2.05, 4.69) is 41.1 Å². The fourth-order valence-electron chi connectivity index (χ4n) is 2.72. The molecular formula is C17H16BrNO. The number of anilines is 1. The maximum atomic E-state index is 12.8. The molecule has 3 heteroatoms. The zero-order valence-corrected chi connectivity index (χ0v) is 13.0. The van der Waals surface area contributed by atoms with E-state index in [-0.39, 0.29) is 5.91 Å². The molecule has 3 rings (SSSR count). The van der Waals surface area contributed by atoms with Gasteiger partial charge < -0.3 is 4.90 Å². The van der Waals surface area contributed by atoms with Crippen LogP contribution in [0.25, 0.3) is 0 Å². The van der Waals surface area contributed by atoms with E-state index < -0.39 is 0 Å². The zero-order chi connectivity index (χ0) is 14.1. The van der Waals surface area contributed by atoms with Crippen LogP contribution in [0.5, 0.6) is 0 Å². The van der Waals surface area contributed by atoms with E-state index in [4.69, 9.17) is 0 Å². The molecule has 0 atom stereocenters. The van der Waals surface area contributed by atoms with Crippen LogP contribution in [0, 0.1) is 6.92 Å². The minimum atomic E-state index is 0.0716. The lowest BCUT2D eigenvalue weighted by Crippen LogP contribution is -2.35. The second-order valence-corrected chi connectivity index (χ2v) is 6.03. The highest BCUT2D eigenvalue weighted by Crippen LogP contribution is 2.30. The minimum Gasteiger partial charge on any atom is -0.308 e. The maximum absolute atomic E-state index is 12.8. The Labute approximate surface area is 127 Å². The summed E-state index contributed by atoms with van der Waals surface area (Å²) in [5.41, 5.74) is 4.30. The lowest BCUT2D eigenvalue weighted by molar-refractivity contribution is 0.0984. The quantitative estimate of drug-likeness (QED) is 0.761. The fraction of sp³-hybridized carbons (Fsp3) is 0.235. The molecule has 0 spiro atoms. The topological polar surface area (TPSA) is 20.3 Å². The highest BCUT2D eigenvalue weighted by Gasteiger charge is 2.24. The van der Waals surface area contributed by atoms with Gasteiger partial charge in [0.05, 0.1) is 5.56 Å². The number of rotatable bonds is 1. The minimum absolute atomic E-state index is 0.0716. The number of aryl methyl sites for hydroxylation is 2. The smallest absolute Gasteiger partial charge is 0.259 e. The molecule has 1 aliphatic rings. The molecule has 0 saturated heterocycles. The van der Waals surface area contributed by atoms with Gasteiger partial charge in [-0.3, -0.25) is 4.79 Å². The van der Waals surface area contributed by atoms with Gasteiger partial charge in [-0.15, -0.1) is 0 Å². The van der Waals surface area contributed by atoms with Crippen molar-refractivity contribution in [2.24, 2.45) is 0 Å². The molecule has 0 aliphatic carbocycles. The first-order valence-electron chi connectivity index (χ1n) is 6.83. The molecule has 0 fully saturated rings. The highest BCUT2D eigenvalue weighted by atomic mass is 79.9. The van der Waals surface area contributed by atoms with Gasteiger partial charge in [-0.25, -0.2) is 0 Å². The fourth-order valence-corrected chi connectivity index (χ4v) is 3.17. The first-order chi connectivity index (χ1) is 9.66. The van der Waals surface area contributed by atoms with E-state index in [1.807, 2.05) is 29.2 Å². The monoisotopic (exact) mass is 329 g/mol. The number of carbonyl (C=O) groups is 1. The van der Waals surface area contributed by atoms with Crippen molar-refractivity contribution in [1.82, 2.24) is 0 Å². The molecule has 102 valence electrons. The van der Waals surface area contributed by atoms with Crippen LogP contribution in [0.3, 0.4) is 0 Å². The highest BCUT2D eigenvalue weighted by molar-refractivity contribution is 9.10. The molecule has 20 heavy (non-hydrogen) atoms. The number of amides is 1. The summed E-state index contributed by atoms with van der Waals surface area (Å²) in [7, 11) is 0. The van der Waals surface area contributed by atoms with Gasteiger partial charge in [-0.2, -0.15) is 0 Å². The Morgan fingerprint density at radius 1 is 1.20 bits per heavy atom. The van der Waals surface area contributed by atoms with E-state index >= 15 is 0 Å². The Balaban J connectivity index is 2.01. The third-order valence-corrected chi connectivity index (χ3v) is 4.39. The Morgan fingerprint density at radius 3 is 2.80 bits per heavy atom. The van der Waals surface area contributed by atoms with Crippen molar-refractivity contribution in [1.29, 1.82) is 0 Å². The number of halogens is 1. The molecule has 2 aromatic rings. The summed E-state index contributed by atoms with van der Waals surface area (Å²) in [4.78, 5) is 14.7. The van der Waals surface area contributed by atoms with Crippen molar-refractivity contribution >= 4 is 27.5 Å². The second kappa shape index (κ2) is 5.41. The van der Waals surface area contributed by atoms with E-state index in [0.29, 0.717) is 0 Å². The first-order valence-corrected chi connectivity index (χ1v) is 7.62. The predicted molar refractivity (Wildman–Crippen MR) is 85.3 cm³/mol. The SMILES string of the molecule is Cc1ccc2c(c1)CCCN2C(=O)c1ccccc1Br. The summed E-state index contributed by atoms with van der Waals surface area (Å²) >= 11 is 3.47. The van der Waals surface area contributed by atoms with Gasteiger partial charge in [-0.05, 0) is 59.5 Å². The molecule has 1 heterocycles. The lowest BCUT2D eigenvalue weighted by atomic mass is 9.99. The number of carbonyl (C=O) groups excluding carboxylic acids is 1. The Kier molecular flexibility index (Phi) is 3.62. The summed E-state index contributed by atoms with van der Waals surface area (Å²) in [6.07, 6.45) is 2.07. The predicted octanol–water partition coefficient (Wildman–Crippen LogP) is 4.35. The van der Waals surface area contributed by atoms with E-state index in [0.717, 1.165) is 35.1 Å².